The van der Waals surface area contributed by atoms with Crippen LogP contribution >= 0.6 is 0 Å². The molecule has 0 unspecified atom stereocenters. The zero-order valence-electron chi connectivity index (χ0n) is 13.7. The molecule has 3 aromatic rings. The zero-order valence-corrected chi connectivity index (χ0v) is 13.7. The third kappa shape index (κ3) is 2.60. The number of hydrazone groups is 1. The lowest BCUT2D eigenvalue weighted by molar-refractivity contribution is -0.398. The fraction of sp³-hybridized carbons (Fsp3) is 0. The van der Waals surface area contributed by atoms with E-state index in [2.05, 4.69) is 5.10 Å². The summed E-state index contributed by atoms with van der Waals surface area (Å²) < 4.78 is 0. The number of carbonyl (C=O) groups is 2. The van der Waals surface area contributed by atoms with Crippen LogP contribution in [-0.2, 0) is 0 Å². The summed E-state index contributed by atoms with van der Waals surface area (Å²) in [7, 11) is 0. The molecule has 0 fully saturated rings. The normalized spacial score (nSPS) is 13.6. The Morgan fingerprint density at radius 1 is 0.963 bits per heavy atom. The molecule has 0 saturated heterocycles. The van der Waals surface area contributed by atoms with Gasteiger partial charge in [0.1, 0.15) is 0 Å². The van der Waals surface area contributed by atoms with Gasteiger partial charge in [0.2, 0.25) is 0 Å². The molecular formula is C19H10N3O5-. The summed E-state index contributed by atoms with van der Waals surface area (Å²) in [6.45, 7) is 0. The van der Waals surface area contributed by atoms with E-state index in [1.54, 1.807) is 24.3 Å². The molecule has 27 heavy (non-hydrogen) atoms. The molecule has 1 heterocycles. The van der Waals surface area contributed by atoms with Gasteiger partial charge in [-0.1, -0.05) is 36.4 Å². The van der Waals surface area contributed by atoms with Gasteiger partial charge in [0.25, 0.3) is 17.5 Å². The van der Waals surface area contributed by atoms with Crippen molar-refractivity contribution in [2.24, 2.45) is 5.10 Å². The highest BCUT2D eigenvalue weighted by atomic mass is 16.6. The maximum absolute atomic E-state index is 12.7. The van der Waals surface area contributed by atoms with Crippen LogP contribution in [0.25, 0.3) is 10.8 Å². The van der Waals surface area contributed by atoms with Gasteiger partial charge >= 0.3 is 0 Å². The van der Waals surface area contributed by atoms with E-state index < -0.39 is 28.2 Å². The number of imide groups is 1. The molecule has 1 aliphatic rings. The lowest BCUT2D eigenvalue weighted by Crippen LogP contribution is -2.36. The van der Waals surface area contributed by atoms with Gasteiger partial charge in [0.15, 0.2) is 0 Å². The van der Waals surface area contributed by atoms with Crippen LogP contribution in [0.3, 0.4) is 0 Å². The van der Waals surface area contributed by atoms with Gasteiger partial charge in [-0.25, -0.2) is 0 Å². The van der Waals surface area contributed by atoms with Crippen molar-refractivity contribution >= 4 is 34.5 Å². The van der Waals surface area contributed by atoms with Gasteiger partial charge in [-0.15, -0.1) is 0 Å². The summed E-state index contributed by atoms with van der Waals surface area (Å²) in [6.07, 6.45) is 1.14. The lowest BCUT2D eigenvalue weighted by Gasteiger charge is -2.23. The van der Waals surface area contributed by atoms with E-state index in [9.17, 15) is 24.8 Å². The number of amides is 2. The second kappa shape index (κ2) is 6.03. The molecule has 1 aliphatic heterocycles. The average Bonchev–Trinajstić information content (AvgIpc) is 2.66. The molecule has 0 saturated carbocycles. The summed E-state index contributed by atoms with van der Waals surface area (Å²) in [4.78, 5) is 35.5. The van der Waals surface area contributed by atoms with Crippen LogP contribution < -0.4 is 5.11 Å². The van der Waals surface area contributed by atoms with Gasteiger partial charge in [0, 0.05) is 17.0 Å². The summed E-state index contributed by atoms with van der Waals surface area (Å²) >= 11 is 0. The molecule has 0 aromatic heterocycles. The lowest BCUT2D eigenvalue weighted by atomic mass is 9.95. The second-order valence-corrected chi connectivity index (χ2v) is 5.86. The molecule has 0 aliphatic carbocycles. The van der Waals surface area contributed by atoms with Crippen molar-refractivity contribution in [1.29, 1.82) is 0 Å². The minimum absolute atomic E-state index is 0.221. The van der Waals surface area contributed by atoms with Gasteiger partial charge < -0.3 is 5.11 Å². The van der Waals surface area contributed by atoms with E-state index in [-0.39, 0.29) is 5.56 Å². The quantitative estimate of drug-likeness (QED) is 0.308. The highest BCUT2D eigenvalue weighted by Crippen LogP contribution is 2.30. The number of hydrogen-bond donors (Lipinski definition) is 0. The van der Waals surface area contributed by atoms with Crippen molar-refractivity contribution < 1.29 is 19.6 Å². The Balaban J connectivity index is 1.75. The Labute approximate surface area is 152 Å². The molecule has 0 N–H and O–H groups in total. The van der Waals surface area contributed by atoms with E-state index >= 15 is 0 Å². The van der Waals surface area contributed by atoms with Crippen LogP contribution in [-0.4, -0.2) is 28.0 Å². The number of hydrogen-bond acceptors (Lipinski definition) is 6. The fourth-order valence-electron chi connectivity index (χ4n) is 3.00. The Morgan fingerprint density at radius 2 is 1.59 bits per heavy atom. The molecule has 8 heteroatoms. The third-order valence-corrected chi connectivity index (χ3v) is 4.25. The molecule has 4 rings (SSSR count). The molecule has 0 atom stereocenters. The van der Waals surface area contributed by atoms with Crippen molar-refractivity contribution in [1.82, 2.24) is 5.01 Å². The predicted molar refractivity (Wildman–Crippen MR) is 94.6 cm³/mol. The first-order valence-electron chi connectivity index (χ1n) is 7.87. The van der Waals surface area contributed by atoms with Crippen LogP contribution in [0, 0.1) is 10.1 Å². The first-order valence-corrected chi connectivity index (χ1v) is 7.87. The molecular weight excluding hydrogens is 350 g/mol. The smallest absolute Gasteiger partial charge is 0.282 e. The first-order chi connectivity index (χ1) is 13.0. The van der Waals surface area contributed by atoms with Crippen molar-refractivity contribution in [3.05, 3.63) is 81.4 Å². The number of nitrogens with zero attached hydrogens (tertiary/aromatic N) is 3. The Hall–Kier alpha value is -4.07. The predicted octanol–water partition coefficient (Wildman–Crippen LogP) is 2.45. The third-order valence-electron chi connectivity index (χ3n) is 4.25. The molecule has 0 radical (unpaired) electrons. The maximum Gasteiger partial charge on any atom is 0.282 e. The molecule has 0 spiro atoms. The molecule has 132 valence electrons. The van der Waals surface area contributed by atoms with Gasteiger partial charge in [-0.3, -0.25) is 19.7 Å². The van der Waals surface area contributed by atoms with Crippen molar-refractivity contribution in [3.8, 4) is 5.75 Å². The fourth-order valence-corrected chi connectivity index (χ4v) is 3.00. The minimum Gasteiger partial charge on any atom is -0.868 e. The molecule has 2 amide bonds. The summed E-state index contributed by atoms with van der Waals surface area (Å²) in [5.41, 5.74) is 0.311. The van der Waals surface area contributed by atoms with E-state index in [0.717, 1.165) is 23.7 Å². The largest absolute Gasteiger partial charge is 0.868 e. The SMILES string of the molecule is O=C1c2cccc3cccc(c23)C(=O)N1/N=C\c1ccc([O-])c([N+](=O)[O-])c1. The molecule has 8 nitrogen and oxygen atoms in total. The topological polar surface area (TPSA) is 116 Å². The number of nitro benzene ring substituents is 1. The Bertz CT molecular complexity index is 1120. The van der Waals surface area contributed by atoms with Crippen LogP contribution in [0.15, 0.2) is 59.7 Å². The van der Waals surface area contributed by atoms with Crippen LogP contribution in [0.2, 0.25) is 0 Å². The van der Waals surface area contributed by atoms with Crippen LogP contribution in [0.1, 0.15) is 26.3 Å². The van der Waals surface area contributed by atoms with E-state index in [4.69, 9.17) is 0 Å². The van der Waals surface area contributed by atoms with E-state index in [1.807, 2.05) is 12.1 Å². The van der Waals surface area contributed by atoms with Gasteiger partial charge in [0.05, 0.1) is 22.3 Å². The number of nitro groups is 1. The van der Waals surface area contributed by atoms with E-state index in [1.165, 1.54) is 6.07 Å². The summed E-state index contributed by atoms with van der Waals surface area (Å²) in [5.74, 6) is -1.91. The highest BCUT2D eigenvalue weighted by Gasteiger charge is 2.32. The van der Waals surface area contributed by atoms with Crippen molar-refractivity contribution in [2.45, 2.75) is 0 Å². The number of benzene rings is 3. The zero-order chi connectivity index (χ0) is 19.1. The second-order valence-electron chi connectivity index (χ2n) is 5.86. The van der Waals surface area contributed by atoms with Gasteiger partial charge in [-0.2, -0.15) is 10.1 Å². The van der Waals surface area contributed by atoms with Gasteiger partial charge in [-0.05, 0) is 23.3 Å². The standard InChI is InChI=1S/C19H11N3O5/c23-16-8-7-11(9-15(16)22(26)27)10-20-21-18(24)13-5-1-3-12-4-2-6-14(17(12)13)19(21)25/h1-10,23H/p-1/b20-10-. The molecule has 3 aromatic carbocycles. The maximum atomic E-state index is 12.7. The Kier molecular flexibility index (Phi) is 3.66. The van der Waals surface area contributed by atoms with Crippen molar-refractivity contribution in [2.75, 3.05) is 0 Å². The minimum atomic E-state index is -0.798. The average molecular weight is 360 g/mol. The number of carbonyl (C=O) groups excluding carboxylic acids is 2. The highest BCUT2D eigenvalue weighted by molar-refractivity contribution is 6.25. The summed E-state index contributed by atoms with van der Waals surface area (Å²) in [5, 5.41) is 28.3. The van der Waals surface area contributed by atoms with Crippen LogP contribution in [0.5, 0.6) is 5.75 Å². The van der Waals surface area contributed by atoms with E-state index in [0.29, 0.717) is 21.5 Å². The summed E-state index contributed by atoms with van der Waals surface area (Å²) in [6, 6.07) is 13.7. The Morgan fingerprint density at radius 3 is 2.19 bits per heavy atom. The van der Waals surface area contributed by atoms with Crippen LogP contribution in [0.4, 0.5) is 5.69 Å². The van der Waals surface area contributed by atoms with Crippen molar-refractivity contribution in [3.63, 3.8) is 0 Å². The first kappa shape index (κ1) is 16.4. The molecule has 0 bridgehead atoms. The monoisotopic (exact) mass is 360 g/mol. The number of rotatable bonds is 3.